The van der Waals surface area contributed by atoms with Gasteiger partial charge in [0.05, 0.1) is 21.3 Å². The molecule has 1 aliphatic heterocycles. The van der Waals surface area contributed by atoms with Crippen molar-refractivity contribution in [1.29, 1.82) is 0 Å². The molecule has 1 fully saturated rings. The normalized spacial score (nSPS) is 15.8. The number of hydrogen-bond donors (Lipinski definition) is 0. The molecule has 1 aromatic carbocycles. The second kappa shape index (κ2) is 6.70. The fourth-order valence-electron chi connectivity index (χ4n) is 2.64. The van der Waals surface area contributed by atoms with Crippen LogP contribution in [0.4, 0.5) is 5.69 Å². The van der Waals surface area contributed by atoms with Crippen molar-refractivity contribution in [3.8, 4) is 17.2 Å². The molecule has 1 saturated heterocycles. The minimum absolute atomic E-state index is 0.462. The van der Waals surface area contributed by atoms with E-state index in [4.69, 9.17) is 14.2 Å². The summed E-state index contributed by atoms with van der Waals surface area (Å²) in [4.78, 5) is 2.24. The average molecular weight is 279 g/mol. The number of nitrogens with zero attached hydrogens (tertiary/aromatic N) is 2. The summed E-state index contributed by atoms with van der Waals surface area (Å²) in [6, 6.07) is 4.24. The van der Waals surface area contributed by atoms with E-state index in [9.17, 15) is 0 Å². The molecule has 0 saturated carbocycles. The van der Waals surface area contributed by atoms with Crippen LogP contribution < -0.4 is 24.4 Å². The summed E-state index contributed by atoms with van der Waals surface area (Å²) in [6.07, 6.45) is 2.13. The van der Waals surface area contributed by atoms with Crippen molar-refractivity contribution in [2.45, 2.75) is 18.9 Å². The molecule has 5 nitrogen and oxygen atoms in total. The highest BCUT2D eigenvalue weighted by molar-refractivity contribution is 5.70. The van der Waals surface area contributed by atoms with Gasteiger partial charge >= 0.3 is 0 Å². The maximum absolute atomic E-state index is 5.52. The zero-order valence-corrected chi connectivity index (χ0v) is 12.7. The first-order valence-corrected chi connectivity index (χ1v) is 6.87. The number of anilines is 1. The van der Waals surface area contributed by atoms with E-state index in [1.54, 1.807) is 21.3 Å². The highest BCUT2D eigenvalue weighted by atomic mass is 16.5. The molecule has 5 heteroatoms. The molecule has 0 bridgehead atoms. The van der Waals surface area contributed by atoms with Crippen LogP contribution in [0.25, 0.3) is 0 Å². The lowest BCUT2D eigenvalue weighted by Gasteiger charge is -2.34. The predicted molar refractivity (Wildman–Crippen MR) is 79.4 cm³/mol. The molecule has 0 unspecified atom stereocenters. The average Bonchev–Trinajstić information content (AvgIpc) is 2.53. The maximum Gasteiger partial charge on any atom is 0.149 e. The van der Waals surface area contributed by atoms with Crippen LogP contribution in [0, 0.1) is 0 Å². The van der Waals surface area contributed by atoms with E-state index in [1.807, 2.05) is 12.1 Å². The van der Waals surface area contributed by atoms with Crippen LogP contribution in [-0.2, 0) is 0 Å². The summed E-state index contributed by atoms with van der Waals surface area (Å²) in [5.41, 5.74) is 0.975. The Bertz CT molecular complexity index is 420. The lowest BCUT2D eigenvalue weighted by Crippen LogP contribution is -2.39. The van der Waals surface area contributed by atoms with Crippen molar-refractivity contribution >= 4 is 5.69 Å². The number of hydrogen-bond acceptors (Lipinski definition) is 4. The highest BCUT2D eigenvalue weighted by Gasteiger charge is 2.24. The van der Waals surface area contributed by atoms with Gasteiger partial charge < -0.3 is 19.1 Å². The molecule has 0 N–H and O–H groups in total. The van der Waals surface area contributed by atoms with Gasteiger partial charge in [-0.1, -0.05) is 0 Å². The Morgan fingerprint density at radius 2 is 1.55 bits per heavy atom. The lowest BCUT2D eigenvalue weighted by atomic mass is 10.0. The van der Waals surface area contributed by atoms with Crippen molar-refractivity contribution < 1.29 is 14.2 Å². The quantitative estimate of drug-likeness (QED) is 0.826. The smallest absolute Gasteiger partial charge is 0.149 e. The molecule has 0 atom stereocenters. The Balaban J connectivity index is 2.36. The van der Waals surface area contributed by atoms with Crippen molar-refractivity contribution in [3.63, 3.8) is 0 Å². The van der Waals surface area contributed by atoms with Crippen molar-refractivity contribution in [1.82, 2.24) is 5.32 Å². The zero-order valence-electron chi connectivity index (χ0n) is 12.7. The van der Waals surface area contributed by atoms with Crippen LogP contribution in [0.15, 0.2) is 12.1 Å². The topological polar surface area (TPSA) is 45.0 Å². The van der Waals surface area contributed by atoms with E-state index in [2.05, 4.69) is 17.3 Å². The highest BCUT2D eigenvalue weighted by Crippen LogP contribution is 2.42. The van der Waals surface area contributed by atoms with Crippen LogP contribution in [0.1, 0.15) is 12.8 Å². The van der Waals surface area contributed by atoms with Crippen molar-refractivity contribution in [2.75, 3.05) is 46.4 Å². The van der Waals surface area contributed by atoms with Crippen LogP contribution in [0.5, 0.6) is 17.2 Å². The second-order valence-corrected chi connectivity index (χ2v) is 4.89. The number of ether oxygens (including phenoxy) is 3. The van der Waals surface area contributed by atoms with E-state index >= 15 is 0 Å². The van der Waals surface area contributed by atoms with Gasteiger partial charge in [0.25, 0.3) is 0 Å². The molecule has 1 aliphatic rings. The third-order valence-electron chi connectivity index (χ3n) is 3.83. The van der Waals surface area contributed by atoms with Gasteiger partial charge in [-0.2, -0.15) is 0 Å². The SMILES string of the molecule is COc1cc(OC)c(N(C)C2CC[N]CC2)c(OC)c1. The van der Waals surface area contributed by atoms with Gasteiger partial charge in [0, 0.05) is 38.3 Å². The number of methoxy groups -OCH3 is 3. The second-order valence-electron chi connectivity index (χ2n) is 4.89. The van der Waals surface area contributed by atoms with Gasteiger partial charge in [-0.25, -0.2) is 5.32 Å². The van der Waals surface area contributed by atoms with Crippen molar-refractivity contribution in [2.24, 2.45) is 0 Å². The third kappa shape index (κ3) is 2.93. The van der Waals surface area contributed by atoms with E-state index in [0.29, 0.717) is 6.04 Å². The first kappa shape index (κ1) is 14.8. The molecule has 20 heavy (non-hydrogen) atoms. The van der Waals surface area contributed by atoms with Gasteiger partial charge in [-0.15, -0.1) is 0 Å². The summed E-state index contributed by atoms with van der Waals surface area (Å²) >= 11 is 0. The Kier molecular flexibility index (Phi) is 4.95. The summed E-state index contributed by atoms with van der Waals surface area (Å²) in [5, 5.41) is 4.41. The van der Waals surface area contributed by atoms with Crippen LogP contribution in [0.3, 0.4) is 0 Å². The molecule has 0 spiro atoms. The molecule has 1 aromatic rings. The lowest BCUT2D eigenvalue weighted by molar-refractivity contribution is 0.369. The van der Waals surface area contributed by atoms with E-state index in [0.717, 1.165) is 48.9 Å². The fourth-order valence-corrected chi connectivity index (χ4v) is 2.64. The summed E-state index contributed by atoms with van der Waals surface area (Å²) in [5.74, 6) is 2.27. The monoisotopic (exact) mass is 279 g/mol. The van der Waals surface area contributed by atoms with Gasteiger partial charge in [-0.05, 0) is 12.8 Å². The Labute approximate surface area is 120 Å². The minimum Gasteiger partial charge on any atom is -0.496 e. The molecule has 1 heterocycles. The minimum atomic E-state index is 0.462. The number of benzene rings is 1. The molecule has 0 aliphatic carbocycles. The van der Waals surface area contributed by atoms with Crippen molar-refractivity contribution in [3.05, 3.63) is 12.1 Å². The van der Waals surface area contributed by atoms with Crippen LogP contribution >= 0.6 is 0 Å². The molecule has 111 valence electrons. The molecule has 1 radical (unpaired) electrons. The standard InChI is InChI=1S/C15H23N2O3/c1-17(11-5-7-16-8-6-11)15-13(19-3)9-12(18-2)10-14(15)20-4/h9-11H,5-8H2,1-4H3. The van der Waals surface area contributed by atoms with E-state index in [1.165, 1.54) is 0 Å². The first-order chi connectivity index (χ1) is 9.71. The molecule has 0 aromatic heterocycles. The maximum atomic E-state index is 5.52. The Hall–Kier alpha value is -1.62. The van der Waals surface area contributed by atoms with Crippen LogP contribution in [0.2, 0.25) is 0 Å². The van der Waals surface area contributed by atoms with Gasteiger partial charge in [-0.3, -0.25) is 0 Å². The van der Waals surface area contributed by atoms with E-state index < -0.39 is 0 Å². The predicted octanol–water partition coefficient (Wildman–Crippen LogP) is 1.92. The largest absolute Gasteiger partial charge is 0.496 e. The van der Waals surface area contributed by atoms with Gasteiger partial charge in [0.15, 0.2) is 0 Å². The molecule has 2 rings (SSSR count). The molecule has 0 amide bonds. The first-order valence-electron chi connectivity index (χ1n) is 6.87. The summed E-state index contributed by atoms with van der Waals surface area (Å²) < 4.78 is 16.3. The summed E-state index contributed by atoms with van der Waals surface area (Å²) in [6.45, 7) is 1.85. The molecular formula is C15H23N2O3. The zero-order chi connectivity index (χ0) is 14.5. The number of piperidine rings is 1. The third-order valence-corrected chi connectivity index (χ3v) is 3.83. The Morgan fingerprint density at radius 1 is 1.00 bits per heavy atom. The molecular weight excluding hydrogens is 256 g/mol. The number of rotatable bonds is 5. The van der Waals surface area contributed by atoms with Crippen LogP contribution in [-0.4, -0.2) is 47.5 Å². The van der Waals surface area contributed by atoms with E-state index in [-0.39, 0.29) is 0 Å². The Morgan fingerprint density at radius 3 is 2.00 bits per heavy atom. The van der Waals surface area contributed by atoms with Gasteiger partial charge in [0.1, 0.15) is 22.9 Å². The van der Waals surface area contributed by atoms with Gasteiger partial charge in [0.2, 0.25) is 0 Å². The fraction of sp³-hybridized carbons (Fsp3) is 0.600. The summed E-state index contributed by atoms with van der Waals surface area (Å²) in [7, 11) is 7.06.